The van der Waals surface area contributed by atoms with E-state index in [0.717, 1.165) is 11.8 Å². The van der Waals surface area contributed by atoms with E-state index in [9.17, 15) is 0 Å². The molecule has 0 aromatic rings. The van der Waals surface area contributed by atoms with Crippen LogP contribution in [0.5, 0.6) is 0 Å². The average Bonchev–Trinajstić information content (AvgIpc) is 2.85. The molecule has 2 fully saturated rings. The van der Waals surface area contributed by atoms with Crippen molar-refractivity contribution in [1.82, 2.24) is 0 Å². The third kappa shape index (κ3) is 1.58. The van der Waals surface area contributed by atoms with Gasteiger partial charge in [-0.05, 0) is 24.2 Å². The van der Waals surface area contributed by atoms with Gasteiger partial charge < -0.3 is 5.11 Å². The van der Waals surface area contributed by atoms with Crippen LogP contribution in [-0.4, -0.2) is 11.7 Å². The molecule has 2 saturated carbocycles. The van der Waals surface area contributed by atoms with Crippen molar-refractivity contribution in [3.05, 3.63) is 0 Å². The third-order valence-corrected chi connectivity index (χ3v) is 3.47. The van der Waals surface area contributed by atoms with Gasteiger partial charge in [-0.3, -0.25) is 0 Å². The van der Waals surface area contributed by atoms with Gasteiger partial charge in [-0.15, -0.1) is 0 Å². The zero-order valence-corrected chi connectivity index (χ0v) is 7.13. The summed E-state index contributed by atoms with van der Waals surface area (Å²) in [5.41, 5.74) is 0. The summed E-state index contributed by atoms with van der Waals surface area (Å²) >= 11 is 0. The number of hydrogen-bond acceptors (Lipinski definition) is 1. The standard InChI is InChI=1S/C10H18O/c11-7-9-6-10(9)8-4-2-1-3-5-8/h8-11H,1-7H2. The second-order valence-electron chi connectivity index (χ2n) is 4.24. The summed E-state index contributed by atoms with van der Waals surface area (Å²) in [6.45, 7) is 0.446. The van der Waals surface area contributed by atoms with E-state index in [0.29, 0.717) is 12.5 Å². The molecule has 2 unspecified atom stereocenters. The second-order valence-corrected chi connectivity index (χ2v) is 4.24. The molecule has 0 aliphatic heterocycles. The first kappa shape index (κ1) is 7.60. The first-order valence-electron chi connectivity index (χ1n) is 5.02. The molecule has 2 rings (SSSR count). The smallest absolute Gasteiger partial charge is 0.0462 e. The van der Waals surface area contributed by atoms with Gasteiger partial charge in [0.2, 0.25) is 0 Å². The molecule has 64 valence electrons. The maximum absolute atomic E-state index is 8.91. The Labute approximate surface area is 68.8 Å². The molecule has 2 atom stereocenters. The van der Waals surface area contributed by atoms with Crippen molar-refractivity contribution in [2.24, 2.45) is 17.8 Å². The van der Waals surface area contributed by atoms with Gasteiger partial charge in [-0.2, -0.15) is 0 Å². The summed E-state index contributed by atoms with van der Waals surface area (Å²) < 4.78 is 0. The molecular weight excluding hydrogens is 136 g/mol. The summed E-state index contributed by atoms with van der Waals surface area (Å²) in [7, 11) is 0. The van der Waals surface area contributed by atoms with E-state index in [1.165, 1.54) is 38.5 Å². The summed E-state index contributed by atoms with van der Waals surface area (Å²) in [6.07, 6.45) is 8.55. The highest BCUT2D eigenvalue weighted by Gasteiger charge is 2.41. The maximum atomic E-state index is 8.91. The SMILES string of the molecule is OCC1CC1C1CCCCC1. The number of rotatable bonds is 2. The highest BCUT2D eigenvalue weighted by molar-refractivity contribution is 4.91. The van der Waals surface area contributed by atoms with Gasteiger partial charge in [-0.25, -0.2) is 0 Å². The molecule has 0 amide bonds. The lowest BCUT2D eigenvalue weighted by molar-refractivity contribution is 0.241. The molecule has 11 heavy (non-hydrogen) atoms. The fraction of sp³-hybridized carbons (Fsp3) is 1.00. The van der Waals surface area contributed by atoms with Crippen LogP contribution in [0.25, 0.3) is 0 Å². The fourth-order valence-corrected chi connectivity index (χ4v) is 2.62. The predicted molar refractivity (Wildman–Crippen MR) is 45.3 cm³/mol. The first-order valence-corrected chi connectivity index (χ1v) is 5.02. The van der Waals surface area contributed by atoms with Gasteiger partial charge in [0.1, 0.15) is 0 Å². The molecule has 2 aliphatic carbocycles. The maximum Gasteiger partial charge on any atom is 0.0462 e. The summed E-state index contributed by atoms with van der Waals surface area (Å²) in [4.78, 5) is 0. The van der Waals surface area contributed by atoms with E-state index in [1.54, 1.807) is 0 Å². The number of aliphatic hydroxyl groups is 1. The van der Waals surface area contributed by atoms with Crippen molar-refractivity contribution >= 4 is 0 Å². The van der Waals surface area contributed by atoms with Crippen LogP contribution in [0.1, 0.15) is 38.5 Å². The lowest BCUT2D eigenvalue weighted by atomic mass is 9.85. The van der Waals surface area contributed by atoms with Crippen molar-refractivity contribution in [3.63, 3.8) is 0 Å². The Morgan fingerprint density at radius 1 is 1.09 bits per heavy atom. The Bertz CT molecular complexity index is 127. The van der Waals surface area contributed by atoms with Crippen LogP contribution in [-0.2, 0) is 0 Å². The van der Waals surface area contributed by atoms with Crippen LogP contribution >= 0.6 is 0 Å². The van der Waals surface area contributed by atoms with Crippen LogP contribution in [0, 0.1) is 17.8 Å². The van der Waals surface area contributed by atoms with Crippen LogP contribution in [0.4, 0.5) is 0 Å². The molecule has 1 heteroatoms. The first-order chi connectivity index (χ1) is 5.42. The molecule has 1 N–H and O–H groups in total. The van der Waals surface area contributed by atoms with Gasteiger partial charge in [-0.1, -0.05) is 32.1 Å². The minimum Gasteiger partial charge on any atom is -0.396 e. The quantitative estimate of drug-likeness (QED) is 0.646. The molecule has 0 aromatic heterocycles. The van der Waals surface area contributed by atoms with Crippen LogP contribution in [0.15, 0.2) is 0 Å². The van der Waals surface area contributed by atoms with E-state index in [1.807, 2.05) is 0 Å². The zero-order chi connectivity index (χ0) is 7.68. The highest BCUT2D eigenvalue weighted by atomic mass is 16.3. The molecular formula is C10H18O. The fourth-order valence-electron chi connectivity index (χ4n) is 2.62. The Hall–Kier alpha value is -0.0400. The minimum absolute atomic E-state index is 0.446. The lowest BCUT2D eigenvalue weighted by Crippen LogP contribution is -2.10. The zero-order valence-electron chi connectivity index (χ0n) is 7.13. The van der Waals surface area contributed by atoms with Crippen molar-refractivity contribution in [2.75, 3.05) is 6.61 Å². The largest absolute Gasteiger partial charge is 0.396 e. The van der Waals surface area contributed by atoms with Gasteiger partial charge in [0.15, 0.2) is 0 Å². The Balaban J connectivity index is 1.77. The molecule has 0 bridgehead atoms. The Kier molecular flexibility index (Phi) is 2.17. The van der Waals surface area contributed by atoms with Crippen molar-refractivity contribution < 1.29 is 5.11 Å². The molecule has 0 saturated heterocycles. The number of aliphatic hydroxyl groups excluding tert-OH is 1. The van der Waals surface area contributed by atoms with Crippen LogP contribution < -0.4 is 0 Å². The molecule has 2 aliphatic rings. The van der Waals surface area contributed by atoms with Gasteiger partial charge in [0.25, 0.3) is 0 Å². The van der Waals surface area contributed by atoms with Gasteiger partial charge in [0.05, 0.1) is 0 Å². The van der Waals surface area contributed by atoms with Crippen molar-refractivity contribution in [2.45, 2.75) is 38.5 Å². The van der Waals surface area contributed by atoms with Crippen molar-refractivity contribution in [3.8, 4) is 0 Å². The topological polar surface area (TPSA) is 20.2 Å². The van der Waals surface area contributed by atoms with E-state index >= 15 is 0 Å². The van der Waals surface area contributed by atoms with E-state index in [4.69, 9.17) is 5.11 Å². The predicted octanol–water partition coefficient (Wildman–Crippen LogP) is 2.20. The summed E-state index contributed by atoms with van der Waals surface area (Å²) in [5.74, 6) is 2.60. The highest BCUT2D eigenvalue weighted by Crippen LogP contribution is 2.48. The second kappa shape index (κ2) is 3.14. The molecule has 0 radical (unpaired) electrons. The van der Waals surface area contributed by atoms with Gasteiger partial charge in [0, 0.05) is 6.61 Å². The molecule has 0 aromatic carbocycles. The summed E-state index contributed by atoms with van der Waals surface area (Å²) in [5, 5.41) is 8.91. The van der Waals surface area contributed by atoms with Crippen LogP contribution in [0.3, 0.4) is 0 Å². The summed E-state index contributed by atoms with van der Waals surface area (Å²) in [6, 6.07) is 0. The monoisotopic (exact) mass is 154 g/mol. The van der Waals surface area contributed by atoms with Gasteiger partial charge >= 0.3 is 0 Å². The average molecular weight is 154 g/mol. The molecule has 1 nitrogen and oxygen atoms in total. The van der Waals surface area contributed by atoms with Crippen molar-refractivity contribution in [1.29, 1.82) is 0 Å². The Morgan fingerprint density at radius 2 is 1.82 bits per heavy atom. The van der Waals surface area contributed by atoms with E-state index in [-0.39, 0.29) is 0 Å². The van der Waals surface area contributed by atoms with Crippen LogP contribution in [0.2, 0.25) is 0 Å². The minimum atomic E-state index is 0.446. The normalized spacial score (nSPS) is 39.0. The van der Waals surface area contributed by atoms with E-state index in [2.05, 4.69) is 0 Å². The number of hydrogen-bond donors (Lipinski definition) is 1. The van der Waals surface area contributed by atoms with E-state index < -0.39 is 0 Å². The Morgan fingerprint density at radius 3 is 2.36 bits per heavy atom. The molecule has 0 spiro atoms. The third-order valence-electron chi connectivity index (χ3n) is 3.47. The molecule has 0 heterocycles. The lowest BCUT2D eigenvalue weighted by Gasteiger charge is -2.21.